The zero-order valence-electron chi connectivity index (χ0n) is 60.1. The fourth-order valence-electron chi connectivity index (χ4n) is 15.0. The fraction of sp³-hybridized carbons (Fsp3) is 0.136. The molecule has 0 atom stereocenters. The molecule has 0 unspecified atom stereocenters. The van der Waals surface area contributed by atoms with Crippen molar-refractivity contribution in [1.82, 2.24) is 37.9 Å². The van der Waals surface area contributed by atoms with Gasteiger partial charge >= 0.3 is 134 Å². The first-order valence-electron chi connectivity index (χ1n) is 35.4. The third kappa shape index (κ3) is 15.0. The summed E-state index contributed by atoms with van der Waals surface area (Å²) < 4.78 is 22.2. The predicted molar refractivity (Wildman–Crippen MR) is 438 cm³/mol. The minimum absolute atomic E-state index is 0. The number of hydrogen-bond acceptors (Lipinski definition) is 6. The van der Waals surface area contributed by atoms with Crippen molar-refractivity contribution < 1.29 is 42.4 Å². The molecule has 0 saturated heterocycles. The molecule has 0 amide bonds. The molecule has 0 aliphatic carbocycles. The largest absolute Gasteiger partial charge is 2.00 e. The summed E-state index contributed by atoms with van der Waals surface area (Å²) in [6.45, 7) is 18.2. The van der Waals surface area contributed by atoms with Gasteiger partial charge in [0.15, 0.2) is 0 Å². The van der Waals surface area contributed by atoms with Crippen molar-refractivity contribution >= 4 is 199 Å². The summed E-state index contributed by atoms with van der Waals surface area (Å²) in [4.78, 5) is 19.6. The monoisotopic (exact) mass is 1880 g/mol. The second kappa shape index (κ2) is 32.9. The van der Waals surface area contributed by atoms with E-state index in [0.29, 0.717) is 35.2 Å². The number of rotatable bonds is 12. The van der Waals surface area contributed by atoms with Gasteiger partial charge in [-0.25, -0.2) is 15.0 Å². The molecule has 0 fully saturated rings. The molecule has 106 heavy (non-hydrogen) atoms. The van der Waals surface area contributed by atoms with Crippen molar-refractivity contribution in [3.05, 3.63) is 290 Å². The van der Waals surface area contributed by atoms with E-state index in [1.165, 1.54) is 107 Å². The van der Waals surface area contributed by atoms with Crippen LogP contribution >= 0.6 is 37.7 Å². The Bertz CT molecular complexity index is 5880. The maximum atomic E-state index is 6.66. The quantitative estimate of drug-likeness (QED) is 0.0688. The van der Waals surface area contributed by atoms with Gasteiger partial charge in [0.05, 0.1) is 39.8 Å². The van der Waals surface area contributed by atoms with Gasteiger partial charge < -0.3 is 18.4 Å². The molecule has 18 rings (SSSR count). The number of aromatic nitrogens is 8. The number of para-hydroxylation sites is 4. The van der Waals surface area contributed by atoms with E-state index < -0.39 is 11.9 Å². The fourth-order valence-corrected chi connectivity index (χ4v) is 15.0. The molecule has 18 heteroatoms. The zero-order valence-corrected chi connectivity index (χ0v) is 73.9. The molecular weight excluding hydrogens is 1810 g/mol. The van der Waals surface area contributed by atoms with Crippen molar-refractivity contribution in [2.75, 3.05) is 0 Å². The summed E-state index contributed by atoms with van der Waals surface area (Å²) in [6, 6.07) is 87.6. The molecule has 0 aliphatic heterocycles. The van der Waals surface area contributed by atoms with E-state index in [2.05, 4.69) is 284 Å². The Labute approximate surface area is 694 Å². The second-order valence-electron chi connectivity index (χ2n) is 27.0. The average molecular weight is 1880 g/mol. The summed E-state index contributed by atoms with van der Waals surface area (Å²) in [5.41, 5.74) is 18.3. The Morgan fingerprint density at radius 3 is 1.27 bits per heavy atom. The van der Waals surface area contributed by atoms with Crippen molar-refractivity contribution in [3.63, 3.8) is 0 Å². The number of fused-ring (bicyclic) bond motifs is 18. The van der Waals surface area contributed by atoms with Gasteiger partial charge in [-0.2, -0.15) is 6.07 Å². The van der Waals surface area contributed by atoms with Crippen LogP contribution in [0.5, 0.6) is 23.0 Å². The van der Waals surface area contributed by atoms with Gasteiger partial charge in [-0.15, -0.1) is 29.7 Å². The van der Waals surface area contributed by atoms with E-state index in [1.807, 2.05) is 67.1 Å². The SMILES string of the molecule is CC(C)c1cccc(C(C)C)c1-c1cnc2c3[c-]c(Oc4[c-]c5c(cc4)c4ccccc4n5-c4ccccn4)ccc3c3ccccc3n12.CC(C)c1cccc(C(C)C)c1-c1cnc2c3cc(Oc4ccc5c6ccccc6n(-c6ccccn6)c5c4)ccc3c3ccccc3n12.[Cl][Pt]([Cl])([Cl])[Cl].[K][K].[Pt+2]. The first-order valence-corrected chi connectivity index (χ1v) is 62.7. The summed E-state index contributed by atoms with van der Waals surface area (Å²) in [6.07, 6.45) is 7.75. The van der Waals surface area contributed by atoms with Crippen LogP contribution in [-0.4, -0.2) is 101 Å². The standard InChI is InChI=1S/C44H36N4O.C44H34N4O.4ClH.2K.2Pt/c2*1-27(2)31-14-11-15-32(28(3)4)43(31)41-26-46-44-37-24-29(19-21-33(37)34-12-5-8-17-39(34)48(41)44)49-30-20-22-36-35-13-6-7-16-38(35)47(40(36)25-30)42-18-9-10-23-45-42;;;;;;;;/h5-28H,1-4H3;5-23,26-28H,1-4H3;4*1H;;;;/q;-2;;;;;;;+2;+4/p-4. The summed E-state index contributed by atoms with van der Waals surface area (Å²) in [7, 11) is 20.0. The Balaban J connectivity index is 0.000000163. The minimum atomic E-state index is -3.06. The van der Waals surface area contributed by atoms with Crippen LogP contribution in [0.2, 0.25) is 0 Å². The number of imidazole rings is 2. The van der Waals surface area contributed by atoms with Gasteiger partial charge in [-0.3, -0.25) is 14.0 Å². The first-order chi connectivity index (χ1) is 50.9. The number of halogens is 4. The van der Waals surface area contributed by atoms with Crippen LogP contribution in [0.3, 0.4) is 0 Å². The Kier molecular flexibility index (Phi) is 23.8. The maximum Gasteiger partial charge on any atom is 2.00 e. The van der Waals surface area contributed by atoms with Crippen LogP contribution in [0.25, 0.3) is 132 Å². The molecule has 0 N–H and O–H groups in total. The van der Waals surface area contributed by atoms with Crippen LogP contribution in [0.15, 0.2) is 255 Å². The van der Waals surface area contributed by atoms with E-state index in [9.17, 15) is 0 Å². The molecule has 524 valence electrons. The second-order valence-corrected chi connectivity index (χ2v) is 46.7. The van der Waals surface area contributed by atoms with Crippen LogP contribution in [0.4, 0.5) is 0 Å². The number of nitrogens with zero attached hydrogens (tertiary/aromatic N) is 8. The first kappa shape index (κ1) is 76.7. The van der Waals surface area contributed by atoms with E-state index in [1.54, 1.807) is 0 Å². The number of ether oxygens (including phenoxy) is 2. The molecule has 8 aromatic heterocycles. The molecule has 10 aromatic carbocycles. The van der Waals surface area contributed by atoms with Gasteiger partial charge in [-0.1, -0.05) is 199 Å². The van der Waals surface area contributed by atoms with Gasteiger partial charge in [0.2, 0.25) is 0 Å². The van der Waals surface area contributed by atoms with E-state index in [4.69, 9.17) is 57.1 Å². The van der Waals surface area contributed by atoms with E-state index >= 15 is 0 Å². The summed E-state index contributed by atoms with van der Waals surface area (Å²) in [5.74, 6) is 5.93. The normalized spacial score (nSPS) is 11.9. The zero-order chi connectivity index (χ0) is 72.9. The minimum Gasteiger partial charge on any atom is 2.00 e. The van der Waals surface area contributed by atoms with Crippen LogP contribution < -0.4 is 9.47 Å². The molecule has 18 aromatic rings. The summed E-state index contributed by atoms with van der Waals surface area (Å²) in [5, 5.41) is 11.1. The van der Waals surface area contributed by atoms with Crippen LogP contribution in [0, 0.1) is 12.1 Å². The van der Waals surface area contributed by atoms with Gasteiger partial charge in [0, 0.05) is 79.9 Å². The Morgan fingerprint density at radius 1 is 0.358 bits per heavy atom. The third-order valence-corrected chi connectivity index (χ3v) is 19.4. The molecule has 0 spiro atoms. The molecule has 0 bridgehead atoms. The van der Waals surface area contributed by atoms with E-state index in [-0.39, 0.29) is 21.1 Å². The molecule has 0 aliphatic rings. The van der Waals surface area contributed by atoms with Crippen molar-refractivity contribution in [2.24, 2.45) is 0 Å². The predicted octanol–water partition coefficient (Wildman–Crippen LogP) is 25.3. The molecule has 0 radical (unpaired) electrons. The number of benzene rings is 10. The smallest absolute Gasteiger partial charge is 2.00 e. The number of hydrogen-bond donors (Lipinski definition) is 0. The Morgan fingerprint density at radius 2 is 0.755 bits per heavy atom. The van der Waals surface area contributed by atoms with E-state index in [0.717, 1.165) is 122 Å². The van der Waals surface area contributed by atoms with Gasteiger partial charge in [-0.05, 0) is 141 Å². The van der Waals surface area contributed by atoms with Crippen molar-refractivity contribution in [2.45, 2.75) is 79.1 Å². The van der Waals surface area contributed by atoms with Crippen molar-refractivity contribution in [3.8, 4) is 57.1 Å². The molecule has 0 saturated carbocycles. The summed E-state index contributed by atoms with van der Waals surface area (Å²) >= 11 is -0.556. The van der Waals surface area contributed by atoms with Gasteiger partial charge in [0.25, 0.3) is 0 Å². The van der Waals surface area contributed by atoms with Crippen LogP contribution in [-0.2, 0) is 33.0 Å². The van der Waals surface area contributed by atoms with Crippen molar-refractivity contribution in [1.29, 1.82) is 0 Å². The molecule has 8 heterocycles. The third-order valence-electron chi connectivity index (χ3n) is 19.4. The Hall–Kier alpha value is -6.07. The number of pyridine rings is 4. The van der Waals surface area contributed by atoms with Crippen LogP contribution in [0.1, 0.15) is 101 Å². The topological polar surface area (TPSA) is 88.7 Å². The molecular formula is C88H70Cl4K2N8O2Pt2. The average Bonchev–Trinajstić information content (AvgIpc) is 1.10. The maximum absolute atomic E-state index is 6.66. The van der Waals surface area contributed by atoms with Gasteiger partial charge in [0.1, 0.15) is 28.8 Å². The molecule has 10 nitrogen and oxygen atoms in total.